The van der Waals surface area contributed by atoms with Crippen molar-refractivity contribution in [3.8, 4) is 0 Å². The molecule has 0 radical (unpaired) electrons. The first kappa shape index (κ1) is 19.5. The fourth-order valence-corrected chi connectivity index (χ4v) is 5.77. The van der Waals surface area contributed by atoms with Crippen molar-refractivity contribution in [2.45, 2.75) is 103 Å². The molecule has 0 bridgehead atoms. The summed E-state index contributed by atoms with van der Waals surface area (Å²) in [6, 6.07) is 0. The van der Waals surface area contributed by atoms with E-state index in [1.807, 2.05) is 0 Å². The van der Waals surface area contributed by atoms with Gasteiger partial charge in [-0.05, 0) is 87.4 Å². The SMILES string of the molecule is CCCC1CCC(/C=C/C2CCC(C3CCC(CC)CC3)CC2)OC1. The summed E-state index contributed by atoms with van der Waals surface area (Å²) in [5.41, 5.74) is 0. The number of hydrogen-bond donors (Lipinski definition) is 0. The molecule has 3 fully saturated rings. The molecule has 0 spiro atoms. The Morgan fingerprint density at radius 2 is 1.36 bits per heavy atom. The highest BCUT2D eigenvalue weighted by atomic mass is 16.5. The molecular formula is C24H42O. The monoisotopic (exact) mass is 346 g/mol. The van der Waals surface area contributed by atoms with Gasteiger partial charge >= 0.3 is 0 Å². The minimum atomic E-state index is 0.412. The summed E-state index contributed by atoms with van der Waals surface area (Å²) in [7, 11) is 0. The molecule has 0 N–H and O–H groups in total. The molecule has 0 aromatic carbocycles. The normalized spacial score (nSPS) is 40.4. The lowest BCUT2D eigenvalue weighted by molar-refractivity contribution is 0.00801. The summed E-state index contributed by atoms with van der Waals surface area (Å²) in [5, 5.41) is 0. The van der Waals surface area contributed by atoms with Crippen molar-refractivity contribution in [1.29, 1.82) is 0 Å². The van der Waals surface area contributed by atoms with Crippen LogP contribution in [0.25, 0.3) is 0 Å². The quantitative estimate of drug-likeness (QED) is 0.463. The fraction of sp³-hybridized carbons (Fsp3) is 0.917. The molecule has 3 rings (SSSR count). The van der Waals surface area contributed by atoms with E-state index in [1.165, 1.54) is 83.5 Å². The molecule has 0 aromatic rings. The van der Waals surface area contributed by atoms with Gasteiger partial charge in [-0.2, -0.15) is 0 Å². The molecule has 1 heteroatoms. The van der Waals surface area contributed by atoms with Crippen LogP contribution in [0.3, 0.4) is 0 Å². The molecule has 25 heavy (non-hydrogen) atoms. The maximum Gasteiger partial charge on any atom is 0.0756 e. The minimum absolute atomic E-state index is 0.412. The Kier molecular flexibility index (Phi) is 7.90. The van der Waals surface area contributed by atoms with E-state index >= 15 is 0 Å². The zero-order valence-electron chi connectivity index (χ0n) is 16.9. The first-order valence-electron chi connectivity index (χ1n) is 11.6. The van der Waals surface area contributed by atoms with E-state index in [0.717, 1.165) is 36.2 Å². The van der Waals surface area contributed by atoms with Crippen molar-refractivity contribution in [2.24, 2.45) is 29.6 Å². The van der Waals surface area contributed by atoms with Crippen molar-refractivity contribution in [1.82, 2.24) is 0 Å². The lowest BCUT2D eigenvalue weighted by atomic mass is 9.69. The van der Waals surface area contributed by atoms with Gasteiger partial charge in [-0.1, -0.05) is 51.7 Å². The molecule has 1 aliphatic heterocycles. The van der Waals surface area contributed by atoms with Crippen molar-refractivity contribution in [3.05, 3.63) is 12.2 Å². The molecule has 2 atom stereocenters. The molecule has 0 aromatic heterocycles. The van der Waals surface area contributed by atoms with Gasteiger partial charge in [0.15, 0.2) is 0 Å². The third kappa shape index (κ3) is 5.84. The predicted octanol–water partition coefficient (Wildman–Crippen LogP) is 7.16. The van der Waals surface area contributed by atoms with E-state index in [0.29, 0.717) is 6.10 Å². The van der Waals surface area contributed by atoms with Gasteiger partial charge in [0, 0.05) is 0 Å². The molecular weight excluding hydrogens is 304 g/mol. The van der Waals surface area contributed by atoms with Crippen LogP contribution in [0.15, 0.2) is 12.2 Å². The average molecular weight is 347 g/mol. The number of ether oxygens (including phenoxy) is 1. The van der Waals surface area contributed by atoms with E-state index in [-0.39, 0.29) is 0 Å². The summed E-state index contributed by atoms with van der Waals surface area (Å²) in [6.07, 6.45) is 23.9. The second-order valence-corrected chi connectivity index (χ2v) is 9.35. The largest absolute Gasteiger partial charge is 0.374 e. The highest BCUT2D eigenvalue weighted by Crippen LogP contribution is 2.42. The third-order valence-electron chi connectivity index (χ3n) is 7.65. The average Bonchev–Trinajstić information content (AvgIpc) is 2.68. The first-order valence-corrected chi connectivity index (χ1v) is 11.6. The van der Waals surface area contributed by atoms with E-state index < -0.39 is 0 Å². The Balaban J connectivity index is 1.34. The zero-order chi connectivity index (χ0) is 17.5. The van der Waals surface area contributed by atoms with E-state index in [4.69, 9.17) is 4.74 Å². The minimum Gasteiger partial charge on any atom is -0.374 e. The van der Waals surface area contributed by atoms with Crippen LogP contribution in [-0.4, -0.2) is 12.7 Å². The Morgan fingerprint density at radius 3 is 1.92 bits per heavy atom. The lowest BCUT2D eigenvalue weighted by Crippen LogP contribution is -2.26. The molecule has 1 nitrogen and oxygen atoms in total. The molecule has 144 valence electrons. The number of rotatable bonds is 6. The molecule has 2 aliphatic carbocycles. The van der Waals surface area contributed by atoms with E-state index in [2.05, 4.69) is 26.0 Å². The van der Waals surface area contributed by atoms with Crippen LogP contribution in [0.5, 0.6) is 0 Å². The van der Waals surface area contributed by atoms with Crippen LogP contribution in [0.2, 0.25) is 0 Å². The van der Waals surface area contributed by atoms with Crippen LogP contribution in [0.1, 0.15) is 97.3 Å². The molecule has 1 heterocycles. The van der Waals surface area contributed by atoms with Gasteiger partial charge in [0.1, 0.15) is 0 Å². The van der Waals surface area contributed by atoms with Crippen molar-refractivity contribution in [3.63, 3.8) is 0 Å². The second-order valence-electron chi connectivity index (χ2n) is 9.35. The van der Waals surface area contributed by atoms with Crippen LogP contribution >= 0.6 is 0 Å². The van der Waals surface area contributed by atoms with E-state index in [1.54, 1.807) is 0 Å². The van der Waals surface area contributed by atoms with Crippen molar-refractivity contribution < 1.29 is 4.74 Å². The smallest absolute Gasteiger partial charge is 0.0756 e. The van der Waals surface area contributed by atoms with Crippen LogP contribution < -0.4 is 0 Å². The van der Waals surface area contributed by atoms with Gasteiger partial charge in [-0.3, -0.25) is 0 Å². The molecule has 0 amide bonds. The van der Waals surface area contributed by atoms with E-state index in [9.17, 15) is 0 Å². The highest BCUT2D eigenvalue weighted by molar-refractivity contribution is 4.97. The first-order chi connectivity index (χ1) is 12.3. The van der Waals surface area contributed by atoms with Crippen molar-refractivity contribution >= 4 is 0 Å². The van der Waals surface area contributed by atoms with Gasteiger partial charge in [0.25, 0.3) is 0 Å². The second kappa shape index (κ2) is 10.1. The summed E-state index contributed by atoms with van der Waals surface area (Å²) in [5.74, 6) is 4.81. The van der Waals surface area contributed by atoms with Crippen LogP contribution in [0, 0.1) is 29.6 Å². The summed E-state index contributed by atoms with van der Waals surface area (Å²) < 4.78 is 6.08. The van der Waals surface area contributed by atoms with Gasteiger partial charge in [0.05, 0.1) is 12.7 Å². The Bertz CT molecular complexity index is 377. The Hall–Kier alpha value is -0.300. The molecule has 2 saturated carbocycles. The summed E-state index contributed by atoms with van der Waals surface area (Å²) >= 11 is 0. The Morgan fingerprint density at radius 1 is 0.720 bits per heavy atom. The topological polar surface area (TPSA) is 9.23 Å². The molecule has 2 unspecified atom stereocenters. The van der Waals surface area contributed by atoms with Gasteiger partial charge in [-0.25, -0.2) is 0 Å². The van der Waals surface area contributed by atoms with Gasteiger partial charge < -0.3 is 4.74 Å². The number of allylic oxidation sites excluding steroid dienone is 1. The fourth-order valence-electron chi connectivity index (χ4n) is 5.77. The molecule has 3 aliphatic rings. The maximum absolute atomic E-state index is 6.08. The zero-order valence-corrected chi connectivity index (χ0v) is 16.9. The summed E-state index contributed by atoms with van der Waals surface area (Å²) in [4.78, 5) is 0. The predicted molar refractivity (Wildman–Crippen MR) is 108 cm³/mol. The maximum atomic E-state index is 6.08. The Labute approximate surface area is 157 Å². The van der Waals surface area contributed by atoms with Crippen LogP contribution in [-0.2, 0) is 4.74 Å². The van der Waals surface area contributed by atoms with Gasteiger partial charge in [0.2, 0.25) is 0 Å². The highest BCUT2D eigenvalue weighted by Gasteiger charge is 2.30. The lowest BCUT2D eigenvalue weighted by Gasteiger charge is -2.37. The van der Waals surface area contributed by atoms with Crippen molar-refractivity contribution in [2.75, 3.05) is 6.61 Å². The van der Waals surface area contributed by atoms with Gasteiger partial charge in [-0.15, -0.1) is 0 Å². The summed E-state index contributed by atoms with van der Waals surface area (Å²) in [6.45, 7) is 5.66. The van der Waals surface area contributed by atoms with Crippen LogP contribution in [0.4, 0.5) is 0 Å². The molecule has 1 saturated heterocycles. The standard InChI is InChI=1S/C24H42O/c1-3-5-21-11-17-24(25-18-21)16-10-20-8-14-23(15-9-20)22-12-6-19(4-2)7-13-22/h10,16,19-24H,3-9,11-15,17-18H2,1-2H3/b16-10+. The number of hydrogen-bond acceptors (Lipinski definition) is 1. The third-order valence-corrected chi connectivity index (χ3v) is 7.65.